The number of halogens is 6. The van der Waals surface area contributed by atoms with Gasteiger partial charge in [0.2, 0.25) is 0 Å². The summed E-state index contributed by atoms with van der Waals surface area (Å²) in [4.78, 5) is 18.7. The fourth-order valence-electron chi connectivity index (χ4n) is 5.03. The van der Waals surface area contributed by atoms with Crippen LogP contribution in [0.15, 0.2) is 42.7 Å². The topological polar surface area (TPSA) is 98.6 Å². The molecule has 0 N–H and O–H groups in total. The monoisotopic (exact) mass is 581 g/mol. The fraction of sp³-hybridized carbons (Fsp3) is 0.364. The van der Waals surface area contributed by atoms with Gasteiger partial charge in [0.05, 0.1) is 11.0 Å². The third-order valence-corrected chi connectivity index (χ3v) is 8.78. The minimum atomic E-state index is -5.71. The maximum atomic E-state index is 13.4. The molecule has 38 heavy (non-hydrogen) atoms. The average molecular weight is 582 g/mol. The molecule has 1 aromatic heterocycles. The van der Waals surface area contributed by atoms with Gasteiger partial charge in [-0.3, -0.25) is 4.79 Å². The van der Waals surface area contributed by atoms with E-state index in [0.29, 0.717) is 37.7 Å². The predicted molar refractivity (Wildman–Crippen MR) is 122 cm³/mol. The molecule has 1 fully saturated rings. The highest BCUT2D eigenvalue weighted by Gasteiger charge is 2.48. The van der Waals surface area contributed by atoms with E-state index in [1.807, 2.05) is 0 Å². The van der Waals surface area contributed by atoms with Crippen LogP contribution in [0.1, 0.15) is 40.2 Å². The van der Waals surface area contributed by atoms with Gasteiger partial charge in [0.15, 0.2) is 0 Å². The standard InChI is InChI=1S/C22H17F6N3O5S2/c23-21(24,25)37(33)36-14-5-3-12-9-19-15(16(12)10-14)2-1-7-30(19)20(32)13-4-6-18-17(8-13)29-11-31(18)38(34,35)22(26,27)28/h3-6,8,10-11,15,19H,1-2,7,9H2. The molecular weight excluding hydrogens is 564 g/mol. The Labute approximate surface area is 213 Å². The quantitative estimate of drug-likeness (QED) is 0.428. The van der Waals surface area contributed by atoms with Gasteiger partial charge in [-0.1, -0.05) is 6.07 Å². The van der Waals surface area contributed by atoms with Crippen LogP contribution in [0.25, 0.3) is 11.0 Å². The number of hydrogen-bond donors (Lipinski definition) is 0. The molecule has 0 radical (unpaired) electrons. The molecule has 2 aliphatic rings. The van der Waals surface area contributed by atoms with Crippen LogP contribution < -0.4 is 4.18 Å². The van der Waals surface area contributed by atoms with Crippen molar-refractivity contribution in [3.05, 3.63) is 59.4 Å². The van der Waals surface area contributed by atoms with Gasteiger partial charge in [0, 0.05) is 24.1 Å². The molecule has 0 saturated carbocycles. The van der Waals surface area contributed by atoms with E-state index in [0.717, 1.165) is 11.6 Å². The van der Waals surface area contributed by atoms with Crippen molar-refractivity contribution in [3.63, 3.8) is 0 Å². The van der Waals surface area contributed by atoms with Crippen molar-refractivity contribution in [2.45, 2.75) is 42.2 Å². The Morgan fingerprint density at radius 3 is 2.50 bits per heavy atom. The van der Waals surface area contributed by atoms with E-state index in [1.54, 1.807) is 11.0 Å². The molecule has 1 aliphatic heterocycles. The number of nitrogens with zero attached hydrogens (tertiary/aromatic N) is 3. The third-order valence-electron chi connectivity index (χ3n) is 6.66. The van der Waals surface area contributed by atoms with E-state index in [9.17, 15) is 43.8 Å². The Morgan fingerprint density at radius 1 is 1.08 bits per heavy atom. The van der Waals surface area contributed by atoms with Crippen LogP contribution in [-0.2, 0) is 27.5 Å². The van der Waals surface area contributed by atoms with Crippen LogP contribution >= 0.6 is 0 Å². The first-order valence-electron chi connectivity index (χ1n) is 11.1. The number of likely N-dealkylation sites (tertiary alicyclic amines) is 1. The molecule has 3 atom stereocenters. The zero-order chi connectivity index (χ0) is 27.6. The summed E-state index contributed by atoms with van der Waals surface area (Å²) in [6.07, 6.45) is 2.16. The van der Waals surface area contributed by atoms with Gasteiger partial charge in [0.1, 0.15) is 12.1 Å². The van der Waals surface area contributed by atoms with Gasteiger partial charge in [-0.25, -0.2) is 13.2 Å². The van der Waals surface area contributed by atoms with E-state index in [4.69, 9.17) is 0 Å². The van der Waals surface area contributed by atoms with Crippen molar-refractivity contribution in [2.24, 2.45) is 0 Å². The lowest BCUT2D eigenvalue weighted by Gasteiger charge is -2.38. The van der Waals surface area contributed by atoms with E-state index in [-0.39, 0.29) is 38.3 Å². The number of amides is 1. The van der Waals surface area contributed by atoms with Crippen LogP contribution in [0.3, 0.4) is 0 Å². The molecule has 1 saturated heterocycles. The molecule has 1 aliphatic carbocycles. The summed E-state index contributed by atoms with van der Waals surface area (Å²) in [5.74, 6) is -0.874. The molecule has 0 bridgehead atoms. The second-order valence-electron chi connectivity index (χ2n) is 8.84. The fourth-order valence-corrected chi connectivity index (χ4v) is 6.21. The molecule has 5 rings (SSSR count). The number of piperidine rings is 1. The van der Waals surface area contributed by atoms with Crippen molar-refractivity contribution in [2.75, 3.05) is 6.54 Å². The number of imidazole rings is 1. The van der Waals surface area contributed by atoms with Crippen LogP contribution in [0, 0.1) is 0 Å². The summed E-state index contributed by atoms with van der Waals surface area (Å²) in [6.45, 7) is 0.365. The Bertz CT molecular complexity index is 1570. The molecule has 3 unspecified atom stereocenters. The summed E-state index contributed by atoms with van der Waals surface area (Å²) in [6, 6.07) is 7.42. The molecular formula is C22H17F6N3O5S2. The molecule has 2 aromatic carbocycles. The molecule has 8 nitrogen and oxygen atoms in total. The van der Waals surface area contributed by atoms with Crippen LogP contribution in [0.5, 0.6) is 5.75 Å². The molecule has 0 spiro atoms. The number of hydrogen-bond acceptors (Lipinski definition) is 6. The third kappa shape index (κ3) is 4.42. The minimum Gasteiger partial charge on any atom is -0.394 e. The largest absolute Gasteiger partial charge is 0.517 e. The highest BCUT2D eigenvalue weighted by molar-refractivity contribution is 7.90. The number of carbonyl (C=O) groups excluding carboxylic acids is 1. The summed E-state index contributed by atoms with van der Waals surface area (Å²) in [5, 5.41) is 0. The SMILES string of the molecule is O=C(c1ccc2c(c1)ncn2S(=O)(=O)C(F)(F)F)N1CCCC2c3cc(OS(=O)C(F)(F)F)ccc3CC21. The smallest absolute Gasteiger partial charge is 0.394 e. The Kier molecular flexibility index (Phi) is 6.24. The molecule has 2 heterocycles. The second kappa shape index (κ2) is 8.97. The van der Waals surface area contributed by atoms with Crippen molar-refractivity contribution in [1.82, 2.24) is 13.9 Å². The minimum absolute atomic E-state index is 0.00654. The van der Waals surface area contributed by atoms with E-state index in [1.165, 1.54) is 24.3 Å². The first-order valence-corrected chi connectivity index (χ1v) is 13.6. The van der Waals surface area contributed by atoms with E-state index in [2.05, 4.69) is 9.17 Å². The van der Waals surface area contributed by atoms with Crippen LogP contribution in [0.2, 0.25) is 0 Å². The van der Waals surface area contributed by atoms with Gasteiger partial charge in [-0.2, -0.15) is 34.8 Å². The number of fused-ring (bicyclic) bond motifs is 4. The average Bonchev–Trinajstić information content (AvgIpc) is 3.43. The lowest BCUT2D eigenvalue weighted by Crippen LogP contribution is -2.46. The normalized spacial score (nSPS) is 20.7. The van der Waals surface area contributed by atoms with Crippen molar-refractivity contribution in [1.29, 1.82) is 0 Å². The number of aromatic nitrogens is 2. The van der Waals surface area contributed by atoms with Crippen molar-refractivity contribution in [3.8, 4) is 5.75 Å². The first kappa shape index (κ1) is 26.5. The zero-order valence-corrected chi connectivity index (χ0v) is 20.6. The maximum absolute atomic E-state index is 13.4. The molecule has 1 amide bonds. The molecule has 204 valence electrons. The van der Waals surface area contributed by atoms with Crippen LogP contribution in [0.4, 0.5) is 26.3 Å². The lowest BCUT2D eigenvalue weighted by atomic mass is 9.88. The van der Waals surface area contributed by atoms with E-state index < -0.39 is 38.0 Å². The van der Waals surface area contributed by atoms with E-state index >= 15 is 0 Å². The summed E-state index contributed by atoms with van der Waals surface area (Å²) in [7, 11) is -5.71. The predicted octanol–water partition coefficient (Wildman–Crippen LogP) is 4.24. The van der Waals surface area contributed by atoms with Crippen molar-refractivity contribution < 1.29 is 47.9 Å². The second-order valence-corrected chi connectivity index (χ2v) is 11.7. The maximum Gasteiger partial charge on any atom is 0.517 e. The van der Waals surface area contributed by atoms with Gasteiger partial charge < -0.3 is 9.08 Å². The summed E-state index contributed by atoms with van der Waals surface area (Å²) >= 11 is -3.53. The zero-order valence-electron chi connectivity index (χ0n) is 19.0. The highest BCUT2D eigenvalue weighted by Crippen LogP contribution is 2.44. The number of alkyl halides is 6. The van der Waals surface area contributed by atoms with Crippen LogP contribution in [-0.4, -0.2) is 56.0 Å². The molecule has 16 heteroatoms. The Balaban J connectivity index is 1.40. The lowest BCUT2D eigenvalue weighted by molar-refractivity contribution is -0.0448. The molecule has 3 aromatic rings. The highest BCUT2D eigenvalue weighted by atomic mass is 32.2. The van der Waals surface area contributed by atoms with Gasteiger partial charge >= 0.3 is 32.1 Å². The number of benzene rings is 2. The van der Waals surface area contributed by atoms with Crippen molar-refractivity contribution >= 4 is 38.0 Å². The Hall–Kier alpha value is -3.14. The summed E-state index contributed by atoms with van der Waals surface area (Å²) in [5.41, 5.74) is -9.45. The van der Waals surface area contributed by atoms with Gasteiger partial charge in [-0.15, -0.1) is 0 Å². The number of rotatable bonds is 4. The first-order chi connectivity index (χ1) is 17.7. The number of carbonyl (C=O) groups is 1. The summed E-state index contributed by atoms with van der Waals surface area (Å²) < 4.78 is 116. The van der Waals surface area contributed by atoms with Gasteiger partial charge in [-0.05, 0) is 60.7 Å². The Morgan fingerprint density at radius 2 is 1.82 bits per heavy atom. The van der Waals surface area contributed by atoms with Gasteiger partial charge in [0.25, 0.3) is 5.91 Å².